The molecule has 31 heavy (non-hydrogen) atoms. The Hall–Kier alpha value is -3.65. The number of ether oxygens (including phenoxy) is 1. The van der Waals surface area contributed by atoms with Crippen molar-refractivity contribution < 1.29 is 9.53 Å². The highest BCUT2D eigenvalue weighted by atomic mass is 16.5. The number of amides is 1. The van der Waals surface area contributed by atoms with Crippen LogP contribution in [0, 0.1) is 5.92 Å². The third-order valence-electron chi connectivity index (χ3n) is 5.69. The fourth-order valence-electron chi connectivity index (χ4n) is 4.13. The zero-order chi connectivity index (χ0) is 21.2. The third-order valence-corrected chi connectivity index (χ3v) is 5.69. The van der Waals surface area contributed by atoms with E-state index in [0.717, 1.165) is 27.9 Å². The molecule has 3 heterocycles. The van der Waals surface area contributed by atoms with E-state index in [-0.39, 0.29) is 23.6 Å². The van der Waals surface area contributed by atoms with Crippen LogP contribution in [0.2, 0.25) is 0 Å². The fraction of sp³-hybridized carbons (Fsp3) is 0.261. The van der Waals surface area contributed by atoms with Gasteiger partial charge in [-0.2, -0.15) is 5.10 Å². The second-order valence-electron chi connectivity index (χ2n) is 7.76. The van der Waals surface area contributed by atoms with Gasteiger partial charge in [-0.25, -0.2) is 4.79 Å². The lowest BCUT2D eigenvalue weighted by Crippen LogP contribution is -2.32. The number of hydrogen-bond donors (Lipinski definition) is 3. The number of fused-ring (bicyclic) bond motifs is 1. The second kappa shape index (κ2) is 8.23. The molecule has 1 aliphatic heterocycles. The molecule has 0 saturated carbocycles. The number of H-pyrrole nitrogens is 2. The molecule has 2 aromatic heterocycles. The first-order valence-electron chi connectivity index (χ1n) is 10.3. The Kier molecular flexibility index (Phi) is 5.13. The molecule has 1 fully saturated rings. The molecule has 2 atom stereocenters. The number of carbonyl (C=O) groups excluding carboxylic acids is 1. The summed E-state index contributed by atoms with van der Waals surface area (Å²) in [6.45, 7) is 1.55. The number of benzene rings is 2. The molecule has 5 rings (SSSR count). The molecule has 1 aliphatic rings. The van der Waals surface area contributed by atoms with Crippen LogP contribution < -0.4 is 11.0 Å². The van der Waals surface area contributed by atoms with Crippen LogP contribution in [0.5, 0.6) is 0 Å². The van der Waals surface area contributed by atoms with Crippen LogP contribution in [-0.4, -0.2) is 32.3 Å². The number of imidazole rings is 1. The summed E-state index contributed by atoms with van der Waals surface area (Å²) < 4.78 is 7.86. The molecule has 3 N–H and O–H groups in total. The van der Waals surface area contributed by atoms with Crippen LogP contribution >= 0.6 is 0 Å². The first-order valence-corrected chi connectivity index (χ1v) is 10.3. The molecule has 0 bridgehead atoms. The molecule has 158 valence electrons. The standard InChI is InChI=1S/C23H23N5O3/c29-22(24-13-16-6-7-18-19(12-16)27-23(30)26-18)17-9-11-31-21(17)20-8-10-25-28(20)14-15-4-2-1-3-5-15/h1-8,10,12,17,21H,9,11,13-14H2,(H,24,29)(H2,26,27,30)/t17-,21-/m0/s1. The summed E-state index contributed by atoms with van der Waals surface area (Å²) in [6, 6.07) is 17.6. The second-order valence-corrected chi connectivity index (χ2v) is 7.76. The summed E-state index contributed by atoms with van der Waals surface area (Å²) in [4.78, 5) is 29.9. The molecule has 8 nitrogen and oxygen atoms in total. The monoisotopic (exact) mass is 417 g/mol. The molecule has 1 saturated heterocycles. The Bertz CT molecular complexity index is 1260. The lowest BCUT2D eigenvalue weighted by atomic mass is 9.97. The van der Waals surface area contributed by atoms with Crippen molar-refractivity contribution in [3.05, 3.63) is 88.1 Å². The van der Waals surface area contributed by atoms with Gasteiger partial charge < -0.3 is 20.0 Å². The van der Waals surface area contributed by atoms with E-state index in [1.165, 1.54) is 0 Å². The highest BCUT2D eigenvalue weighted by Crippen LogP contribution is 2.35. The van der Waals surface area contributed by atoms with Crippen molar-refractivity contribution in [1.29, 1.82) is 0 Å². The van der Waals surface area contributed by atoms with Crippen molar-refractivity contribution in [1.82, 2.24) is 25.1 Å². The van der Waals surface area contributed by atoms with Gasteiger partial charge in [-0.3, -0.25) is 9.48 Å². The Morgan fingerprint density at radius 2 is 1.94 bits per heavy atom. The van der Waals surface area contributed by atoms with Gasteiger partial charge in [0.15, 0.2) is 0 Å². The molecule has 0 radical (unpaired) electrons. The van der Waals surface area contributed by atoms with E-state index in [2.05, 4.69) is 32.5 Å². The van der Waals surface area contributed by atoms with Crippen molar-refractivity contribution in [2.24, 2.45) is 5.92 Å². The number of hydrogen-bond acceptors (Lipinski definition) is 4. The first-order chi connectivity index (χ1) is 15.2. The summed E-state index contributed by atoms with van der Waals surface area (Å²) in [5.74, 6) is -0.320. The van der Waals surface area contributed by atoms with E-state index >= 15 is 0 Å². The molecule has 0 unspecified atom stereocenters. The maximum atomic E-state index is 13.0. The van der Waals surface area contributed by atoms with Crippen LogP contribution in [-0.2, 0) is 22.6 Å². The van der Waals surface area contributed by atoms with Crippen LogP contribution in [0.15, 0.2) is 65.6 Å². The first kappa shape index (κ1) is 19.3. The highest BCUT2D eigenvalue weighted by molar-refractivity contribution is 5.80. The van der Waals surface area contributed by atoms with Crippen molar-refractivity contribution in [2.75, 3.05) is 6.61 Å². The van der Waals surface area contributed by atoms with Crippen molar-refractivity contribution >= 4 is 16.9 Å². The lowest BCUT2D eigenvalue weighted by molar-refractivity contribution is -0.127. The molecule has 1 amide bonds. The number of nitrogens with zero attached hydrogens (tertiary/aromatic N) is 2. The average molecular weight is 417 g/mol. The van der Waals surface area contributed by atoms with Crippen LogP contribution in [0.4, 0.5) is 0 Å². The average Bonchev–Trinajstić information content (AvgIpc) is 3.51. The summed E-state index contributed by atoms with van der Waals surface area (Å²) >= 11 is 0. The SMILES string of the molecule is O=C(NCc1ccc2[nH]c(=O)[nH]c2c1)[C@H]1CCO[C@@H]1c1ccnn1Cc1ccccc1. The Morgan fingerprint density at radius 1 is 1.10 bits per heavy atom. The quantitative estimate of drug-likeness (QED) is 0.448. The number of nitrogens with one attached hydrogen (secondary N) is 3. The van der Waals surface area contributed by atoms with Gasteiger partial charge in [-0.05, 0) is 35.7 Å². The van der Waals surface area contributed by atoms with E-state index < -0.39 is 0 Å². The zero-order valence-corrected chi connectivity index (χ0v) is 16.9. The predicted octanol–water partition coefficient (Wildman–Crippen LogP) is 2.50. The molecule has 0 spiro atoms. The molecule has 8 heteroatoms. The fourth-order valence-corrected chi connectivity index (χ4v) is 4.13. The minimum absolute atomic E-state index is 0.0439. The van der Waals surface area contributed by atoms with Gasteiger partial charge in [0.05, 0.1) is 29.2 Å². The highest BCUT2D eigenvalue weighted by Gasteiger charge is 2.37. The number of rotatable bonds is 6. The van der Waals surface area contributed by atoms with Crippen LogP contribution in [0.3, 0.4) is 0 Å². The van der Waals surface area contributed by atoms with Gasteiger partial charge in [0, 0.05) is 19.3 Å². The van der Waals surface area contributed by atoms with E-state index in [1.54, 1.807) is 6.20 Å². The topological polar surface area (TPSA) is 105 Å². The molecular formula is C23H23N5O3. The van der Waals surface area contributed by atoms with Gasteiger partial charge in [0.2, 0.25) is 5.91 Å². The third kappa shape index (κ3) is 4.02. The smallest absolute Gasteiger partial charge is 0.323 e. The van der Waals surface area contributed by atoms with Gasteiger partial charge in [0.1, 0.15) is 6.10 Å². The molecule has 4 aromatic rings. The van der Waals surface area contributed by atoms with Gasteiger partial charge in [-0.1, -0.05) is 36.4 Å². The van der Waals surface area contributed by atoms with Crippen molar-refractivity contribution in [3.63, 3.8) is 0 Å². The minimum Gasteiger partial charge on any atom is -0.371 e. The van der Waals surface area contributed by atoms with Crippen molar-refractivity contribution in [3.8, 4) is 0 Å². The van der Waals surface area contributed by atoms with Gasteiger partial charge in [-0.15, -0.1) is 0 Å². The van der Waals surface area contributed by atoms with E-state index in [4.69, 9.17) is 4.74 Å². The van der Waals surface area contributed by atoms with Gasteiger partial charge in [0.25, 0.3) is 0 Å². The Balaban J connectivity index is 1.28. The van der Waals surface area contributed by atoms with E-state index in [1.807, 2.05) is 47.1 Å². The number of aromatic nitrogens is 4. The summed E-state index contributed by atoms with van der Waals surface area (Å²) in [5.41, 5.74) is 4.20. The predicted molar refractivity (Wildman–Crippen MR) is 115 cm³/mol. The number of carbonyl (C=O) groups is 1. The molecule has 2 aromatic carbocycles. The van der Waals surface area contributed by atoms with Gasteiger partial charge >= 0.3 is 5.69 Å². The number of aromatic amines is 2. The molecular weight excluding hydrogens is 394 g/mol. The lowest BCUT2D eigenvalue weighted by Gasteiger charge is -2.19. The Morgan fingerprint density at radius 3 is 2.81 bits per heavy atom. The zero-order valence-electron chi connectivity index (χ0n) is 16.9. The summed E-state index contributed by atoms with van der Waals surface area (Å²) in [7, 11) is 0. The van der Waals surface area contributed by atoms with Crippen LogP contribution in [0.1, 0.15) is 29.3 Å². The van der Waals surface area contributed by atoms with E-state index in [9.17, 15) is 9.59 Å². The maximum Gasteiger partial charge on any atom is 0.323 e. The van der Waals surface area contributed by atoms with Crippen LogP contribution in [0.25, 0.3) is 11.0 Å². The van der Waals surface area contributed by atoms with Crippen molar-refractivity contribution in [2.45, 2.75) is 25.6 Å². The van der Waals surface area contributed by atoms with E-state index in [0.29, 0.717) is 26.1 Å². The maximum absolute atomic E-state index is 13.0. The summed E-state index contributed by atoms with van der Waals surface area (Å²) in [5, 5.41) is 7.47. The minimum atomic E-state index is -0.324. The largest absolute Gasteiger partial charge is 0.371 e. The Labute approximate surface area is 178 Å². The summed E-state index contributed by atoms with van der Waals surface area (Å²) in [6.07, 6.45) is 2.09. The molecule has 0 aliphatic carbocycles. The normalized spacial score (nSPS) is 18.5.